The van der Waals surface area contributed by atoms with Gasteiger partial charge in [0.25, 0.3) is 5.91 Å². The van der Waals surface area contributed by atoms with Crippen molar-refractivity contribution in [2.75, 3.05) is 33.9 Å². The molecular weight excluding hydrogens is 575 g/mol. The van der Waals surface area contributed by atoms with Gasteiger partial charge in [-0.3, -0.25) is 9.69 Å². The third-order valence-corrected chi connectivity index (χ3v) is 7.80. The van der Waals surface area contributed by atoms with Crippen LogP contribution in [0.2, 0.25) is 0 Å². The van der Waals surface area contributed by atoms with Crippen molar-refractivity contribution in [3.63, 3.8) is 0 Å². The number of carbonyl (C=O) groups is 1. The highest BCUT2D eigenvalue weighted by atomic mass is 19.4. The quantitative estimate of drug-likeness (QED) is 0.208. The fourth-order valence-electron chi connectivity index (χ4n) is 5.37. The number of aliphatic hydroxyl groups excluding tert-OH is 1. The maximum Gasteiger partial charge on any atom is 0.433 e. The normalized spacial score (nSPS) is 12.9. The average Bonchev–Trinajstić information content (AvgIpc) is 3.60. The van der Waals surface area contributed by atoms with E-state index in [9.17, 15) is 23.1 Å². The molecule has 0 radical (unpaired) electrons. The maximum atomic E-state index is 14.4. The number of aromatic nitrogens is 3. The fraction of sp³-hybridized carbons (Fsp3) is 0.344. The van der Waals surface area contributed by atoms with Crippen LogP contribution in [0, 0.1) is 6.92 Å². The number of halogens is 3. The van der Waals surface area contributed by atoms with E-state index in [1.54, 1.807) is 29.2 Å². The number of rotatable bonds is 10. The van der Waals surface area contributed by atoms with Crippen LogP contribution in [0.5, 0.6) is 5.75 Å². The number of methoxy groups -OCH3 is 1. The number of benzene rings is 2. The summed E-state index contributed by atoms with van der Waals surface area (Å²) in [4.78, 5) is 21.9. The zero-order valence-corrected chi connectivity index (χ0v) is 25.1. The molecule has 1 unspecified atom stereocenters. The Bertz CT molecular complexity index is 1750. The Balaban J connectivity index is 1.47. The van der Waals surface area contributed by atoms with Gasteiger partial charge in [-0.25, -0.2) is 9.50 Å². The zero-order chi connectivity index (χ0) is 31.8. The Labute approximate surface area is 252 Å². The summed E-state index contributed by atoms with van der Waals surface area (Å²) in [6.45, 7) is 5.36. The van der Waals surface area contributed by atoms with E-state index in [1.165, 1.54) is 14.0 Å². The number of hydrogen-bond donors (Lipinski definition) is 1. The van der Waals surface area contributed by atoms with E-state index in [-0.39, 0.29) is 41.7 Å². The Morgan fingerprint density at radius 3 is 2.43 bits per heavy atom. The summed E-state index contributed by atoms with van der Waals surface area (Å²) in [5, 5.41) is 15.1. The first-order valence-electron chi connectivity index (χ1n) is 14.1. The van der Waals surface area contributed by atoms with E-state index >= 15 is 0 Å². The minimum absolute atomic E-state index is 0.0439. The van der Waals surface area contributed by atoms with Gasteiger partial charge in [-0.2, -0.15) is 18.3 Å². The molecule has 3 heterocycles. The summed E-state index contributed by atoms with van der Waals surface area (Å²) in [5.74, 6) is 0.634. The number of amides is 1. The van der Waals surface area contributed by atoms with Gasteiger partial charge < -0.3 is 19.2 Å². The summed E-state index contributed by atoms with van der Waals surface area (Å²) in [7, 11) is 3.31. The van der Waals surface area contributed by atoms with Crippen LogP contribution in [-0.4, -0.2) is 75.3 Å². The topological polar surface area (TPSA) is 96.3 Å². The van der Waals surface area contributed by atoms with Crippen LogP contribution in [0.15, 0.2) is 65.2 Å². The Morgan fingerprint density at radius 2 is 1.82 bits per heavy atom. The molecule has 0 aliphatic rings. The first-order valence-corrected chi connectivity index (χ1v) is 14.1. The van der Waals surface area contributed by atoms with Crippen molar-refractivity contribution in [3.8, 4) is 17.0 Å². The third kappa shape index (κ3) is 5.87. The number of furan rings is 1. The molecule has 5 rings (SSSR count). The highest BCUT2D eigenvalue weighted by Crippen LogP contribution is 2.37. The van der Waals surface area contributed by atoms with Crippen molar-refractivity contribution in [1.82, 2.24) is 24.4 Å². The molecule has 12 heteroatoms. The van der Waals surface area contributed by atoms with E-state index < -0.39 is 23.8 Å². The molecule has 232 valence electrons. The summed E-state index contributed by atoms with van der Waals surface area (Å²) < 4.78 is 55.0. The molecule has 44 heavy (non-hydrogen) atoms. The molecule has 5 aromatic rings. The lowest BCUT2D eigenvalue weighted by atomic mass is 10.0. The van der Waals surface area contributed by atoms with E-state index in [2.05, 4.69) is 10.1 Å². The Morgan fingerprint density at radius 1 is 1.11 bits per heavy atom. The molecule has 0 saturated carbocycles. The highest BCUT2D eigenvalue weighted by molar-refractivity contribution is 6.00. The van der Waals surface area contributed by atoms with E-state index in [4.69, 9.17) is 9.15 Å². The Hall–Kier alpha value is -4.42. The van der Waals surface area contributed by atoms with Gasteiger partial charge in [0.2, 0.25) is 0 Å². The van der Waals surface area contributed by atoms with Crippen molar-refractivity contribution >= 4 is 22.5 Å². The molecule has 1 N–H and O–H groups in total. The van der Waals surface area contributed by atoms with Gasteiger partial charge >= 0.3 is 6.18 Å². The van der Waals surface area contributed by atoms with Gasteiger partial charge in [0, 0.05) is 35.6 Å². The van der Waals surface area contributed by atoms with Gasteiger partial charge in [-0.15, -0.1) is 0 Å². The van der Waals surface area contributed by atoms with Crippen LogP contribution in [0.4, 0.5) is 13.2 Å². The molecular formula is C32H34F3N5O4. The predicted octanol–water partition coefficient (Wildman–Crippen LogP) is 5.99. The molecule has 0 spiro atoms. The van der Waals surface area contributed by atoms with Gasteiger partial charge in [0.05, 0.1) is 31.6 Å². The fourth-order valence-corrected chi connectivity index (χ4v) is 5.37. The number of alkyl halides is 3. The lowest BCUT2D eigenvalue weighted by molar-refractivity contribution is -0.143. The minimum Gasteiger partial charge on any atom is -0.497 e. The number of aliphatic hydroxyl groups is 1. The molecule has 2 aromatic carbocycles. The van der Waals surface area contributed by atoms with Crippen LogP contribution in [0.25, 0.3) is 27.9 Å². The smallest absolute Gasteiger partial charge is 0.433 e. The standard InChI is InChI=1S/C32H34F3N5O4/c1-19(2)39(15-14-38(4)25(18-41)27-16-22-8-6-7-9-26(22)44-27)31(42)24-17-36-40-29(32(33,34)35)20(3)28(37-30(24)40)21-10-12-23(43-5)13-11-21/h6-13,16-17,19,25,41H,14-15,18H2,1-5H3. The number of ether oxygens (including phenoxy) is 1. The SMILES string of the molecule is COc1ccc(-c2nc3c(C(=O)N(CCN(C)C(CO)c4cc5ccccc5o4)C(C)C)cnn3c(C(F)(F)F)c2C)cc1. The minimum atomic E-state index is -4.75. The van der Waals surface area contributed by atoms with Crippen LogP contribution >= 0.6 is 0 Å². The lowest BCUT2D eigenvalue weighted by Gasteiger charge is -2.31. The molecule has 1 atom stereocenters. The van der Waals surface area contributed by atoms with Crippen molar-refractivity contribution in [2.24, 2.45) is 0 Å². The maximum absolute atomic E-state index is 14.4. The van der Waals surface area contributed by atoms with Gasteiger partial charge in [-0.05, 0) is 64.2 Å². The summed E-state index contributed by atoms with van der Waals surface area (Å²) in [6, 6.07) is 15.2. The van der Waals surface area contributed by atoms with Crippen molar-refractivity contribution in [1.29, 1.82) is 0 Å². The number of fused-ring (bicyclic) bond motifs is 2. The average molecular weight is 610 g/mol. The molecule has 0 aliphatic heterocycles. The predicted molar refractivity (Wildman–Crippen MR) is 160 cm³/mol. The van der Waals surface area contributed by atoms with Crippen LogP contribution in [0.1, 0.15) is 47.3 Å². The number of carbonyl (C=O) groups excluding carboxylic acids is 1. The second-order valence-corrected chi connectivity index (χ2v) is 10.9. The summed E-state index contributed by atoms with van der Waals surface area (Å²) in [6.07, 6.45) is -3.61. The van der Waals surface area contributed by atoms with Crippen LogP contribution < -0.4 is 4.74 Å². The molecule has 0 aliphatic carbocycles. The molecule has 0 bridgehead atoms. The molecule has 9 nitrogen and oxygen atoms in total. The number of likely N-dealkylation sites (N-methyl/N-ethyl adjacent to an activating group) is 1. The largest absolute Gasteiger partial charge is 0.497 e. The van der Waals surface area contributed by atoms with Crippen molar-refractivity contribution in [3.05, 3.63) is 83.4 Å². The van der Waals surface area contributed by atoms with Crippen molar-refractivity contribution < 1.29 is 32.2 Å². The first-order chi connectivity index (χ1) is 20.9. The van der Waals surface area contributed by atoms with E-state index in [0.29, 0.717) is 33.7 Å². The Kier molecular flexibility index (Phi) is 8.66. The van der Waals surface area contributed by atoms with Crippen LogP contribution in [0.3, 0.4) is 0 Å². The highest BCUT2D eigenvalue weighted by Gasteiger charge is 2.39. The first kappa shape index (κ1) is 31.0. The van der Waals surface area contributed by atoms with E-state index in [1.807, 2.05) is 56.1 Å². The monoisotopic (exact) mass is 609 g/mol. The van der Waals surface area contributed by atoms with Gasteiger partial charge in [-0.1, -0.05) is 18.2 Å². The van der Waals surface area contributed by atoms with Crippen LogP contribution in [-0.2, 0) is 6.18 Å². The molecule has 0 saturated heterocycles. The molecule has 0 fully saturated rings. The summed E-state index contributed by atoms with van der Waals surface area (Å²) >= 11 is 0. The number of nitrogens with zero attached hydrogens (tertiary/aromatic N) is 5. The van der Waals surface area contributed by atoms with Gasteiger partial charge in [0.1, 0.15) is 22.7 Å². The second kappa shape index (κ2) is 12.3. The second-order valence-electron chi connectivity index (χ2n) is 10.9. The van der Waals surface area contributed by atoms with Crippen molar-refractivity contribution in [2.45, 2.75) is 39.0 Å². The zero-order valence-electron chi connectivity index (χ0n) is 25.1. The molecule has 3 aromatic heterocycles. The van der Waals surface area contributed by atoms with Gasteiger partial charge in [0.15, 0.2) is 11.3 Å². The third-order valence-electron chi connectivity index (χ3n) is 7.80. The number of para-hydroxylation sites is 1. The van der Waals surface area contributed by atoms with E-state index in [0.717, 1.165) is 11.6 Å². The number of hydrogen-bond acceptors (Lipinski definition) is 7. The summed E-state index contributed by atoms with van der Waals surface area (Å²) in [5.41, 5.74) is -0.101. The molecule has 1 amide bonds. The lowest BCUT2D eigenvalue weighted by Crippen LogP contribution is -2.42.